The monoisotopic (exact) mass is 230 g/mol. The summed E-state index contributed by atoms with van der Waals surface area (Å²) >= 11 is 0. The highest BCUT2D eigenvalue weighted by molar-refractivity contribution is 5.80. The fraction of sp³-hybridized carbons (Fsp3) is 0.500. The van der Waals surface area contributed by atoms with Gasteiger partial charge in [-0.25, -0.2) is 0 Å². The largest absolute Gasteiger partial charge is 0.349 e. The summed E-state index contributed by atoms with van der Waals surface area (Å²) in [7, 11) is 0. The fourth-order valence-electron chi connectivity index (χ4n) is 2.67. The first-order valence-electron chi connectivity index (χ1n) is 6.43. The van der Waals surface area contributed by atoms with Crippen molar-refractivity contribution >= 4 is 5.91 Å². The summed E-state index contributed by atoms with van der Waals surface area (Å²) < 4.78 is 0. The Morgan fingerprint density at radius 3 is 2.88 bits per heavy atom. The number of hydrogen-bond donors (Lipinski definition) is 2. The number of hydrogen-bond acceptors (Lipinski definition) is 2. The second-order valence-electron chi connectivity index (χ2n) is 5.01. The van der Waals surface area contributed by atoms with E-state index in [1.807, 2.05) is 0 Å². The third kappa shape index (κ3) is 2.07. The number of aryl methyl sites for hydroxylation is 1. The number of benzene rings is 1. The Kier molecular flexibility index (Phi) is 2.85. The van der Waals surface area contributed by atoms with Crippen LogP contribution in [0.3, 0.4) is 0 Å². The topological polar surface area (TPSA) is 41.1 Å². The van der Waals surface area contributed by atoms with E-state index < -0.39 is 0 Å². The van der Waals surface area contributed by atoms with Crippen molar-refractivity contribution in [3.63, 3.8) is 0 Å². The molecular formula is C14H18N2O. The first-order valence-corrected chi connectivity index (χ1v) is 6.43. The van der Waals surface area contributed by atoms with E-state index in [2.05, 4.69) is 34.9 Å². The molecule has 0 spiro atoms. The summed E-state index contributed by atoms with van der Waals surface area (Å²) in [4.78, 5) is 12.0. The summed E-state index contributed by atoms with van der Waals surface area (Å²) in [6.07, 6.45) is 3.39. The highest BCUT2D eigenvalue weighted by atomic mass is 16.2. The van der Waals surface area contributed by atoms with Crippen molar-refractivity contribution in [1.29, 1.82) is 0 Å². The van der Waals surface area contributed by atoms with Crippen molar-refractivity contribution in [2.24, 2.45) is 5.92 Å². The molecular weight excluding hydrogens is 212 g/mol. The van der Waals surface area contributed by atoms with Crippen LogP contribution in [-0.2, 0) is 11.2 Å². The number of nitrogens with one attached hydrogen (secondary N) is 2. The highest BCUT2D eigenvalue weighted by Gasteiger charge is 2.28. The first-order chi connectivity index (χ1) is 8.34. The van der Waals surface area contributed by atoms with Gasteiger partial charge >= 0.3 is 0 Å². The molecule has 1 amide bonds. The molecule has 0 bridgehead atoms. The average Bonchev–Trinajstić information content (AvgIpc) is 2.27. The lowest BCUT2D eigenvalue weighted by atomic mass is 9.87. The van der Waals surface area contributed by atoms with Gasteiger partial charge in [-0.05, 0) is 30.4 Å². The second-order valence-corrected chi connectivity index (χ2v) is 5.01. The fourth-order valence-corrected chi connectivity index (χ4v) is 2.67. The third-order valence-corrected chi connectivity index (χ3v) is 3.84. The maximum atomic E-state index is 12.0. The van der Waals surface area contributed by atoms with Crippen LogP contribution in [0.5, 0.6) is 0 Å². The molecule has 3 rings (SSSR count). The van der Waals surface area contributed by atoms with Crippen molar-refractivity contribution in [2.75, 3.05) is 13.1 Å². The molecule has 0 aromatic heterocycles. The van der Waals surface area contributed by atoms with Gasteiger partial charge in [0.1, 0.15) is 0 Å². The van der Waals surface area contributed by atoms with E-state index in [-0.39, 0.29) is 17.9 Å². The van der Waals surface area contributed by atoms with Gasteiger partial charge in [-0.3, -0.25) is 4.79 Å². The minimum Gasteiger partial charge on any atom is -0.349 e. The molecule has 1 atom stereocenters. The van der Waals surface area contributed by atoms with Gasteiger partial charge in [0.05, 0.1) is 12.0 Å². The summed E-state index contributed by atoms with van der Waals surface area (Å²) in [6.45, 7) is 1.67. The molecule has 0 radical (unpaired) electrons. The summed E-state index contributed by atoms with van der Waals surface area (Å²) in [5.74, 6) is 0.398. The van der Waals surface area contributed by atoms with Gasteiger partial charge in [0.2, 0.25) is 5.91 Å². The van der Waals surface area contributed by atoms with Gasteiger partial charge in [-0.2, -0.15) is 0 Å². The Labute approximate surface area is 102 Å². The minimum absolute atomic E-state index is 0.184. The molecule has 1 heterocycles. The lowest BCUT2D eigenvalue weighted by Gasteiger charge is -2.31. The molecule has 3 nitrogen and oxygen atoms in total. The van der Waals surface area contributed by atoms with E-state index in [1.165, 1.54) is 17.5 Å². The number of carbonyl (C=O) groups excluding carboxylic acids is 1. The smallest absolute Gasteiger partial charge is 0.226 e. The lowest BCUT2D eigenvalue weighted by molar-refractivity contribution is -0.127. The van der Waals surface area contributed by atoms with Crippen LogP contribution in [-0.4, -0.2) is 19.0 Å². The molecule has 17 heavy (non-hydrogen) atoms. The van der Waals surface area contributed by atoms with Crippen LogP contribution in [0.25, 0.3) is 0 Å². The molecule has 1 aliphatic heterocycles. The molecule has 2 N–H and O–H groups in total. The van der Waals surface area contributed by atoms with Crippen LogP contribution >= 0.6 is 0 Å². The molecule has 90 valence electrons. The molecule has 1 saturated heterocycles. The Bertz CT molecular complexity index is 426. The minimum atomic E-state index is 0.184. The van der Waals surface area contributed by atoms with Gasteiger partial charge in [-0.1, -0.05) is 24.3 Å². The van der Waals surface area contributed by atoms with Crippen LogP contribution in [0.15, 0.2) is 24.3 Å². The molecule has 0 saturated carbocycles. The van der Waals surface area contributed by atoms with Crippen LogP contribution in [0.1, 0.15) is 30.0 Å². The molecule has 1 aliphatic carbocycles. The van der Waals surface area contributed by atoms with Crippen LogP contribution < -0.4 is 10.6 Å². The van der Waals surface area contributed by atoms with Gasteiger partial charge in [-0.15, -0.1) is 0 Å². The average molecular weight is 230 g/mol. The van der Waals surface area contributed by atoms with Crippen molar-refractivity contribution in [3.05, 3.63) is 35.4 Å². The van der Waals surface area contributed by atoms with E-state index in [0.29, 0.717) is 0 Å². The third-order valence-electron chi connectivity index (χ3n) is 3.84. The quantitative estimate of drug-likeness (QED) is 0.806. The maximum Gasteiger partial charge on any atom is 0.226 e. The van der Waals surface area contributed by atoms with Crippen LogP contribution in [0.2, 0.25) is 0 Å². The zero-order valence-electron chi connectivity index (χ0n) is 9.91. The molecule has 1 unspecified atom stereocenters. The number of carbonyl (C=O) groups is 1. The molecule has 1 aromatic rings. The van der Waals surface area contributed by atoms with Gasteiger partial charge < -0.3 is 10.6 Å². The maximum absolute atomic E-state index is 12.0. The Balaban J connectivity index is 1.73. The lowest BCUT2D eigenvalue weighted by Crippen LogP contribution is -2.51. The summed E-state index contributed by atoms with van der Waals surface area (Å²) in [5.41, 5.74) is 2.72. The molecule has 1 fully saturated rings. The van der Waals surface area contributed by atoms with Crippen LogP contribution in [0.4, 0.5) is 0 Å². The van der Waals surface area contributed by atoms with Gasteiger partial charge in [0.25, 0.3) is 0 Å². The van der Waals surface area contributed by atoms with Gasteiger partial charge in [0, 0.05) is 13.1 Å². The van der Waals surface area contributed by atoms with E-state index in [0.717, 1.165) is 25.9 Å². The van der Waals surface area contributed by atoms with E-state index in [1.54, 1.807) is 0 Å². The Morgan fingerprint density at radius 2 is 2.12 bits per heavy atom. The standard InChI is InChI=1S/C14H18N2O/c17-14(11-8-15-9-11)16-13-7-3-5-10-4-1-2-6-12(10)13/h1-2,4,6,11,13,15H,3,5,7-9H2,(H,16,17). The number of fused-ring (bicyclic) bond motifs is 1. The second kappa shape index (κ2) is 4.49. The van der Waals surface area contributed by atoms with Gasteiger partial charge in [0.15, 0.2) is 0 Å². The zero-order valence-corrected chi connectivity index (χ0v) is 9.91. The van der Waals surface area contributed by atoms with Crippen molar-refractivity contribution in [1.82, 2.24) is 10.6 Å². The molecule has 2 aliphatic rings. The van der Waals surface area contributed by atoms with Crippen molar-refractivity contribution in [2.45, 2.75) is 25.3 Å². The Morgan fingerprint density at radius 1 is 1.29 bits per heavy atom. The first kappa shape index (κ1) is 10.8. The molecule has 3 heteroatoms. The van der Waals surface area contributed by atoms with E-state index in [9.17, 15) is 4.79 Å². The van der Waals surface area contributed by atoms with Crippen molar-refractivity contribution < 1.29 is 4.79 Å². The summed E-state index contributed by atoms with van der Waals surface area (Å²) in [6, 6.07) is 8.71. The number of rotatable bonds is 2. The predicted molar refractivity (Wildman–Crippen MR) is 66.6 cm³/mol. The van der Waals surface area contributed by atoms with E-state index in [4.69, 9.17) is 0 Å². The highest BCUT2D eigenvalue weighted by Crippen LogP contribution is 2.29. The van der Waals surface area contributed by atoms with E-state index >= 15 is 0 Å². The normalized spacial score (nSPS) is 23.6. The predicted octanol–water partition coefficient (Wildman–Crippen LogP) is 1.40. The van der Waals surface area contributed by atoms with Crippen molar-refractivity contribution in [3.8, 4) is 0 Å². The molecule has 1 aromatic carbocycles. The zero-order chi connectivity index (χ0) is 11.7. The SMILES string of the molecule is O=C(NC1CCCc2ccccc21)C1CNC1. The number of amides is 1. The summed E-state index contributed by atoms with van der Waals surface area (Å²) in [5, 5.41) is 6.34. The van der Waals surface area contributed by atoms with Crippen LogP contribution in [0, 0.1) is 5.92 Å². The Hall–Kier alpha value is -1.35.